The third-order valence-corrected chi connectivity index (χ3v) is 3.12. The van der Waals surface area contributed by atoms with Crippen molar-refractivity contribution in [1.29, 1.82) is 0 Å². The van der Waals surface area contributed by atoms with Crippen molar-refractivity contribution in [2.75, 3.05) is 13.7 Å². The Morgan fingerprint density at radius 3 is 2.53 bits per heavy atom. The summed E-state index contributed by atoms with van der Waals surface area (Å²) in [4.78, 5) is 11.9. The largest absolute Gasteiger partial charge is 0.494 e. The second-order valence-electron chi connectivity index (χ2n) is 4.23. The number of Topliss-reactive ketones (excluding diaryl/α,β-unsaturated/α-hetero) is 1. The van der Waals surface area contributed by atoms with Gasteiger partial charge in [0.1, 0.15) is 5.82 Å². The zero-order valence-corrected chi connectivity index (χ0v) is 9.30. The molecule has 0 aliphatic heterocycles. The van der Waals surface area contributed by atoms with Crippen molar-refractivity contribution in [1.82, 2.24) is 0 Å². The van der Waals surface area contributed by atoms with Gasteiger partial charge in [0.15, 0.2) is 17.3 Å². The van der Waals surface area contributed by atoms with E-state index in [0.717, 1.165) is 12.1 Å². The number of aliphatic hydroxyl groups excluding tert-OH is 1. The highest BCUT2D eigenvalue weighted by molar-refractivity contribution is 6.02. The van der Waals surface area contributed by atoms with Gasteiger partial charge in [-0.25, -0.2) is 8.78 Å². The van der Waals surface area contributed by atoms with Gasteiger partial charge in [-0.2, -0.15) is 0 Å². The van der Waals surface area contributed by atoms with E-state index in [1.165, 1.54) is 7.11 Å². The minimum absolute atomic E-state index is 0.243. The van der Waals surface area contributed by atoms with Crippen LogP contribution >= 0.6 is 0 Å². The van der Waals surface area contributed by atoms with Gasteiger partial charge in [-0.15, -0.1) is 0 Å². The van der Waals surface area contributed by atoms with Crippen LogP contribution in [0.15, 0.2) is 12.1 Å². The van der Waals surface area contributed by atoms with Gasteiger partial charge in [0, 0.05) is 6.07 Å². The molecule has 0 saturated heterocycles. The van der Waals surface area contributed by atoms with Crippen LogP contribution < -0.4 is 4.74 Å². The molecule has 2 rings (SSSR count). The number of carbonyl (C=O) groups is 1. The molecule has 1 N–H and O–H groups in total. The van der Waals surface area contributed by atoms with Gasteiger partial charge in [-0.3, -0.25) is 4.79 Å². The molecule has 1 aliphatic carbocycles. The smallest absolute Gasteiger partial charge is 0.174 e. The maximum Gasteiger partial charge on any atom is 0.174 e. The number of benzene rings is 1. The van der Waals surface area contributed by atoms with Crippen LogP contribution in [0.3, 0.4) is 0 Å². The summed E-state index contributed by atoms with van der Waals surface area (Å²) in [7, 11) is 1.22. The molecule has 0 unspecified atom stereocenters. The highest BCUT2D eigenvalue weighted by Crippen LogP contribution is 2.48. The molecule has 0 radical (unpaired) electrons. The van der Waals surface area contributed by atoms with E-state index in [9.17, 15) is 13.6 Å². The topological polar surface area (TPSA) is 46.5 Å². The Hall–Kier alpha value is -1.49. The molecule has 1 aromatic rings. The summed E-state index contributed by atoms with van der Waals surface area (Å²) in [5.74, 6) is -2.40. The Bertz CT molecular complexity index is 467. The van der Waals surface area contributed by atoms with Crippen LogP contribution in [0.5, 0.6) is 5.75 Å². The fourth-order valence-corrected chi connectivity index (χ4v) is 1.75. The fourth-order valence-electron chi connectivity index (χ4n) is 1.75. The lowest BCUT2D eigenvalue weighted by molar-refractivity contribution is 0.0824. The van der Waals surface area contributed by atoms with E-state index in [0.29, 0.717) is 12.8 Å². The monoisotopic (exact) mass is 242 g/mol. The Kier molecular flexibility index (Phi) is 2.87. The number of ketones is 1. The normalized spacial score (nSPS) is 16.7. The third kappa shape index (κ3) is 1.91. The first kappa shape index (κ1) is 12.0. The summed E-state index contributed by atoms with van der Waals surface area (Å²) in [5, 5.41) is 9.09. The zero-order valence-electron chi connectivity index (χ0n) is 9.30. The molecule has 92 valence electrons. The minimum atomic E-state index is -0.901. The van der Waals surface area contributed by atoms with Crippen molar-refractivity contribution in [3.05, 3.63) is 29.3 Å². The van der Waals surface area contributed by atoms with Crippen LogP contribution in [-0.2, 0) is 0 Å². The number of halogens is 2. The molecular weight excluding hydrogens is 230 g/mol. The predicted octanol–water partition coefficient (Wildman–Crippen LogP) is 1.93. The van der Waals surface area contributed by atoms with E-state index in [1.54, 1.807) is 0 Å². The van der Waals surface area contributed by atoms with Crippen molar-refractivity contribution < 1.29 is 23.4 Å². The molecule has 1 saturated carbocycles. The number of rotatable bonds is 4. The van der Waals surface area contributed by atoms with Crippen molar-refractivity contribution in [2.45, 2.75) is 12.8 Å². The predicted molar refractivity (Wildman–Crippen MR) is 56.0 cm³/mol. The first-order chi connectivity index (χ1) is 8.04. The highest BCUT2D eigenvalue weighted by Gasteiger charge is 2.50. The van der Waals surface area contributed by atoms with E-state index >= 15 is 0 Å². The van der Waals surface area contributed by atoms with Crippen molar-refractivity contribution >= 4 is 5.78 Å². The molecule has 0 atom stereocenters. The first-order valence-corrected chi connectivity index (χ1v) is 5.23. The molecule has 0 bridgehead atoms. The van der Waals surface area contributed by atoms with E-state index < -0.39 is 22.8 Å². The second-order valence-corrected chi connectivity index (χ2v) is 4.23. The SMILES string of the molecule is COc1cc(F)c(C(=O)C2(CO)CC2)cc1F. The molecule has 5 heteroatoms. The van der Waals surface area contributed by atoms with Gasteiger partial charge in [0.05, 0.1) is 24.7 Å². The van der Waals surface area contributed by atoms with Gasteiger partial charge in [-0.05, 0) is 18.9 Å². The fraction of sp³-hybridized carbons (Fsp3) is 0.417. The molecule has 1 aliphatic rings. The van der Waals surface area contributed by atoms with Crippen molar-refractivity contribution in [3.8, 4) is 5.75 Å². The first-order valence-electron chi connectivity index (χ1n) is 5.23. The van der Waals surface area contributed by atoms with Gasteiger partial charge >= 0.3 is 0 Å². The molecule has 0 spiro atoms. The molecule has 1 aromatic carbocycles. The maximum atomic E-state index is 13.6. The summed E-state index contributed by atoms with van der Waals surface area (Å²) in [5.41, 5.74) is -1.23. The van der Waals surface area contributed by atoms with Crippen LogP contribution in [-0.4, -0.2) is 24.6 Å². The lowest BCUT2D eigenvalue weighted by atomic mass is 9.95. The average Bonchev–Trinajstić information content (AvgIpc) is 3.11. The number of methoxy groups -OCH3 is 1. The number of aliphatic hydroxyl groups is 1. The Labute approximate surface area is 97.0 Å². The summed E-state index contributed by atoms with van der Waals surface area (Å²) in [6, 6.07) is 1.67. The Morgan fingerprint density at radius 2 is 2.06 bits per heavy atom. The van der Waals surface area contributed by atoms with E-state index in [4.69, 9.17) is 5.11 Å². The lowest BCUT2D eigenvalue weighted by Gasteiger charge is -2.12. The standard InChI is InChI=1S/C12H12F2O3/c1-17-10-5-8(13)7(4-9(10)14)11(16)12(6-15)2-3-12/h4-5,15H,2-3,6H2,1H3. The summed E-state index contributed by atoms with van der Waals surface area (Å²) >= 11 is 0. The minimum Gasteiger partial charge on any atom is -0.494 e. The molecule has 17 heavy (non-hydrogen) atoms. The number of carbonyl (C=O) groups excluding carboxylic acids is 1. The van der Waals surface area contributed by atoms with Crippen molar-refractivity contribution in [2.24, 2.45) is 5.41 Å². The quantitative estimate of drug-likeness (QED) is 0.820. The number of hydrogen-bond donors (Lipinski definition) is 1. The van der Waals surface area contributed by atoms with Gasteiger partial charge in [0.25, 0.3) is 0 Å². The summed E-state index contributed by atoms with van der Waals surface area (Å²) < 4.78 is 31.6. The molecule has 0 heterocycles. The molecule has 3 nitrogen and oxygen atoms in total. The van der Waals surface area contributed by atoms with Gasteiger partial charge in [-0.1, -0.05) is 0 Å². The van der Waals surface area contributed by atoms with Crippen LogP contribution in [0, 0.1) is 17.0 Å². The van der Waals surface area contributed by atoms with Crippen LogP contribution in [0.1, 0.15) is 23.2 Å². The molecular formula is C12H12F2O3. The zero-order chi connectivity index (χ0) is 12.6. The van der Waals surface area contributed by atoms with Crippen LogP contribution in [0.4, 0.5) is 8.78 Å². The van der Waals surface area contributed by atoms with Crippen LogP contribution in [0.25, 0.3) is 0 Å². The van der Waals surface area contributed by atoms with E-state index in [-0.39, 0.29) is 17.9 Å². The van der Waals surface area contributed by atoms with E-state index in [2.05, 4.69) is 4.74 Å². The third-order valence-electron chi connectivity index (χ3n) is 3.12. The maximum absolute atomic E-state index is 13.6. The van der Waals surface area contributed by atoms with Gasteiger partial charge < -0.3 is 9.84 Å². The van der Waals surface area contributed by atoms with E-state index in [1.807, 2.05) is 0 Å². The number of hydrogen-bond acceptors (Lipinski definition) is 3. The second kappa shape index (κ2) is 4.07. The summed E-state index contributed by atoms with van der Waals surface area (Å²) in [6.07, 6.45) is 1.02. The Morgan fingerprint density at radius 1 is 1.41 bits per heavy atom. The van der Waals surface area contributed by atoms with Gasteiger partial charge in [0.2, 0.25) is 0 Å². The van der Waals surface area contributed by atoms with Crippen LogP contribution in [0.2, 0.25) is 0 Å². The average molecular weight is 242 g/mol. The molecule has 1 fully saturated rings. The Balaban J connectivity index is 2.40. The number of ether oxygens (including phenoxy) is 1. The molecule has 0 amide bonds. The highest BCUT2D eigenvalue weighted by atomic mass is 19.1. The molecule has 0 aromatic heterocycles. The van der Waals surface area contributed by atoms with Crippen molar-refractivity contribution in [3.63, 3.8) is 0 Å². The summed E-state index contributed by atoms with van der Waals surface area (Å²) in [6.45, 7) is -0.334. The lowest BCUT2D eigenvalue weighted by Crippen LogP contribution is -2.21.